The minimum absolute atomic E-state index is 0.0881. The molecule has 27 heavy (non-hydrogen) atoms. The van der Waals surface area contributed by atoms with Gasteiger partial charge in [0.05, 0.1) is 12.2 Å². The number of rotatable bonds is 4. The van der Waals surface area contributed by atoms with Crippen LogP contribution in [-0.2, 0) is 12.0 Å². The predicted molar refractivity (Wildman–Crippen MR) is 114 cm³/mol. The molecular weight excluding hydrogens is 356 g/mol. The number of piperazine rings is 1. The Balaban J connectivity index is 1.62. The van der Waals surface area contributed by atoms with Crippen LogP contribution in [0.5, 0.6) is 0 Å². The second-order valence-electron chi connectivity index (χ2n) is 7.71. The average molecular weight is 387 g/mol. The zero-order chi connectivity index (χ0) is 19.3. The van der Waals surface area contributed by atoms with Gasteiger partial charge >= 0.3 is 0 Å². The fourth-order valence-corrected chi connectivity index (χ4v) is 3.93. The van der Waals surface area contributed by atoms with Crippen LogP contribution in [0.4, 0.5) is 5.82 Å². The monoisotopic (exact) mass is 386 g/mol. The molecule has 0 aliphatic carbocycles. The molecule has 146 valence electrons. The molecule has 3 rings (SSSR count). The summed E-state index contributed by atoms with van der Waals surface area (Å²) >= 11 is 1.70. The van der Waals surface area contributed by atoms with Crippen molar-refractivity contribution < 1.29 is 0 Å². The Kier molecular flexibility index (Phi) is 6.31. The molecule has 0 radical (unpaired) electrons. The molecule has 1 fully saturated rings. The molecule has 0 bridgehead atoms. The van der Waals surface area contributed by atoms with E-state index in [1.807, 2.05) is 18.3 Å². The maximum absolute atomic E-state index is 4.85. The largest absolute Gasteiger partial charge is 0.357 e. The van der Waals surface area contributed by atoms with Gasteiger partial charge in [-0.1, -0.05) is 26.8 Å². The highest BCUT2D eigenvalue weighted by atomic mass is 32.1. The third-order valence-electron chi connectivity index (χ3n) is 4.57. The molecule has 1 saturated heterocycles. The molecule has 0 aromatic carbocycles. The normalized spacial score (nSPS) is 15.9. The van der Waals surface area contributed by atoms with Crippen molar-refractivity contribution in [2.75, 3.05) is 37.6 Å². The lowest BCUT2D eigenvalue weighted by Crippen LogP contribution is -2.52. The van der Waals surface area contributed by atoms with Gasteiger partial charge in [-0.15, -0.1) is 11.3 Å². The minimum atomic E-state index is 0.0881. The van der Waals surface area contributed by atoms with Crippen LogP contribution in [0.1, 0.15) is 38.4 Å². The maximum atomic E-state index is 4.85. The molecule has 1 aliphatic heterocycles. The third-order valence-corrected chi connectivity index (χ3v) is 5.41. The summed E-state index contributed by atoms with van der Waals surface area (Å²) < 4.78 is 0. The fraction of sp³-hybridized carbons (Fsp3) is 0.550. The number of guanidine groups is 1. The van der Waals surface area contributed by atoms with E-state index in [2.05, 4.69) is 59.2 Å². The molecule has 3 heterocycles. The van der Waals surface area contributed by atoms with Gasteiger partial charge in [-0.25, -0.2) is 15.0 Å². The van der Waals surface area contributed by atoms with Crippen molar-refractivity contribution in [2.45, 2.75) is 39.7 Å². The van der Waals surface area contributed by atoms with E-state index in [-0.39, 0.29) is 5.41 Å². The Morgan fingerprint density at radius 1 is 1.22 bits per heavy atom. The lowest BCUT2D eigenvalue weighted by Gasteiger charge is -2.37. The summed E-state index contributed by atoms with van der Waals surface area (Å²) in [7, 11) is 0. The molecule has 1 aliphatic rings. The van der Waals surface area contributed by atoms with Gasteiger partial charge in [-0.05, 0) is 19.1 Å². The number of nitrogens with zero attached hydrogens (tertiary/aromatic N) is 5. The van der Waals surface area contributed by atoms with Crippen molar-refractivity contribution >= 4 is 23.1 Å². The first-order valence-electron chi connectivity index (χ1n) is 9.61. The quantitative estimate of drug-likeness (QED) is 0.646. The van der Waals surface area contributed by atoms with E-state index in [0.29, 0.717) is 6.54 Å². The molecule has 0 spiro atoms. The summed E-state index contributed by atoms with van der Waals surface area (Å²) in [5, 5.41) is 6.66. The lowest BCUT2D eigenvalue weighted by atomic mass is 9.93. The van der Waals surface area contributed by atoms with Gasteiger partial charge in [0.1, 0.15) is 10.8 Å². The lowest BCUT2D eigenvalue weighted by molar-refractivity contribution is 0.371. The van der Waals surface area contributed by atoms with Crippen LogP contribution in [0.2, 0.25) is 0 Å². The molecule has 7 heteroatoms. The number of nitrogens with one attached hydrogen (secondary N) is 1. The van der Waals surface area contributed by atoms with Crippen molar-refractivity contribution in [3.63, 3.8) is 0 Å². The van der Waals surface area contributed by atoms with Gasteiger partial charge < -0.3 is 15.1 Å². The minimum Gasteiger partial charge on any atom is -0.357 e. The van der Waals surface area contributed by atoms with Crippen LogP contribution in [0, 0.1) is 0 Å². The summed E-state index contributed by atoms with van der Waals surface area (Å²) in [4.78, 5) is 18.7. The zero-order valence-corrected chi connectivity index (χ0v) is 17.6. The molecule has 6 nitrogen and oxygen atoms in total. The number of hydrogen-bond donors (Lipinski definition) is 1. The Morgan fingerprint density at radius 3 is 2.59 bits per heavy atom. The summed E-state index contributed by atoms with van der Waals surface area (Å²) in [6, 6.07) is 6.07. The van der Waals surface area contributed by atoms with Gasteiger partial charge in [0.25, 0.3) is 0 Å². The topological polar surface area (TPSA) is 56.7 Å². The highest BCUT2D eigenvalue weighted by molar-refractivity contribution is 7.09. The maximum Gasteiger partial charge on any atom is 0.194 e. The number of pyridine rings is 1. The number of thiazole rings is 1. The average Bonchev–Trinajstić information content (AvgIpc) is 3.16. The summed E-state index contributed by atoms with van der Waals surface area (Å²) in [6.07, 6.45) is 1.85. The third kappa shape index (κ3) is 5.19. The van der Waals surface area contributed by atoms with Gasteiger partial charge in [0.2, 0.25) is 0 Å². The van der Waals surface area contributed by atoms with Gasteiger partial charge in [0, 0.05) is 49.7 Å². The second-order valence-corrected chi connectivity index (χ2v) is 8.65. The number of hydrogen-bond acceptors (Lipinski definition) is 5. The Labute approximate surface area is 166 Å². The second kappa shape index (κ2) is 8.69. The molecule has 0 amide bonds. The van der Waals surface area contributed by atoms with Gasteiger partial charge in [-0.3, -0.25) is 0 Å². The van der Waals surface area contributed by atoms with E-state index in [4.69, 9.17) is 9.98 Å². The molecule has 2 aromatic heterocycles. The summed E-state index contributed by atoms with van der Waals surface area (Å²) in [5.74, 6) is 2.03. The van der Waals surface area contributed by atoms with Crippen molar-refractivity contribution in [1.82, 2.24) is 20.2 Å². The fourth-order valence-electron chi connectivity index (χ4n) is 2.98. The number of anilines is 1. The van der Waals surface area contributed by atoms with E-state index >= 15 is 0 Å². The highest BCUT2D eigenvalue weighted by Crippen LogP contribution is 2.24. The van der Waals surface area contributed by atoms with Crippen molar-refractivity contribution in [2.24, 2.45) is 4.99 Å². The smallest absolute Gasteiger partial charge is 0.194 e. The highest BCUT2D eigenvalue weighted by Gasteiger charge is 2.21. The first kappa shape index (κ1) is 19.6. The van der Waals surface area contributed by atoms with Crippen LogP contribution in [-0.4, -0.2) is 53.6 Å². The SMILES string of the molecule is CCNC(=NCc1nc(C(C)(C)C)cs1)N1CCN(c2ccccn2)CC1. The van der Waals surface area contributed by atoms with Crippen molar-refractivity contribution in [1.29, 1.82) is 0 Å². The Bertz CT molecular complexity index is 741. The predicted octanol–water partition coefficient (Wildman–Crippen LogP) is 3.12. The van der Waals surface area contributed by atoms with E-state index in [1.165, 1.54) is 0 Å². The van der Waals surface area contributed by atoms with Crippen LogP contribution >= 0.6 is 11.3 Å². The summed E-state index contributed by atoms with van der Waals surface area (Å²) in [5.41, 5.74) is 1.23. The summed E-state index contributed by atoms with van der Waals surface area (Å²) in [6.45, 7) is 14.0. The number of aromatic nitrogens is 2. The Morgan fingerprint density at radius 2 is 2.00 bits per heavy atom. The number of aliphatic imine (C=N–C) groups is 1. The first-order valence-corrected chi connectivity index (χ1v) is 10.5. The van der Waals surface area contributed by atoms with Crippen molar-refractivity contribution in [3.05, 3.63) is 40.5 Å². The molecule has 0 unspecified atom stereocenters. The molecule has 0 atom stereocenters. The van der Waals surface area contributed by atoms with E-state index in [9.17, 15) is 0 Å². The molecule has 2 aromatic rings. The Hall–Kier alpha value is -2.15. The van der Waals surface area contributed by atoms with Crippen LogP contribution in [0.15, 0.2) is 34.8 Å². The first-order chi connectivity index (χ1) is 13.0. The van der Waals surface area contributed by atoms with Crippen LogP contribution in [0.3, 0.4) is 0 Å². The van der Waals surface area contributed by atoms with Crippen molar-refractivity contribution in [3.8, 4) is 0 Å². The zero-order valence-electron chi connectivity index (χ0n) is 16.8. The van der Waals surface area contributed by atoms with Gasteiger partial charge in [0.15, 0.2) is 5.96 Å². The molecule has 0 saturated carbocycles. The standard InChI is InChI=1S/C20H30N6S/c1-5-21-19(23-14-18-24-16(15-27-18)20(2,3)4)26-12-10-25(11-13-26)17-8-6-7-9-22-17/h6-9,15H,5,10-14H2,1-4H3,(H,21,23). The van der Waals surface area contributed by atoms with E-state index < -0.39 is 0 Å². The van der Waals surface area contributed by atoms with E-state index in [1.54, 1.807) is 11.3 Å². The molecule has 1 N–H and O–H groups in total. The van der Waals surface area contributed by atoms with E-state index in [0.717, 1.165) is 55.2 Å². The molecular formula is C20H30N6S. The van der Waals surface area contributed by atoms with Gasteiger partial charge in [-0.2, -0.15) is 0 Å². The van der Waals surface area contributed by atoms with Crippen LogP contribution < -0.4 is 10.2 Å². The van der Waals surface area contributed by atoms with Crippen LogP contribution in [0.25, 0.3) is 0 Å².